The van der Waals surface area contributed by atoms with Crippen molar-refractivity contribution >= 4 is 11.9 Å². The third kappa shape index (κ3) is 3.06. The van der Waals surface area contributed by atoms with E-state index in [9.17, 15) is 9.59 Å². The van der Waals surface area contributed by atoms with Gasteiger partial charge in [-0.25, -0.2) is 4.79 Å². The van der Waals surface area contributed by atoms with Gasteiger partial charge in [0.2, 0.25) is 5.91 Å². The minimum absolute atomic E-state index is 0.0463. The average Bonchev–Trinajstić information content (AvgIpc) is 2.27. The second kappa shape index (κ2) is 5.27. The molecule has 1 aromatic carbocycles. The van der Waals surface area contributed by atoms with Crippen molar-refractivity contribution in [2.45, 2.75) is 12.5 Å². The summed E-state index contributed by atoms with van der Waals surface area (Å²) in [6.45, 7) is 0. The average molecular weight is 222 g/mol. The Hall–Kier alpha value is -1.88. The van der Waals surface area contributed by atoms with Gasteiger partial charge in [0.1, 0.15) is 0 Å². The van der Waals surface area contributed by atoms with Crippen LogP contribution in [0.3, 0.4) is 0 Å². The lowest BCUT2D eigenvalue weighted by Gasteiger charge is -2.10. The molecule has 86 valence electrons. The van der Waals surface area contributed by atoms with Crippen molar-refractivity contribution in [1.82, 2.24) is 0 Å². The van der Waals surface area contributed by atoms with Gasteiger partial charge in [-0.1, -0.05) is 12.1 Å². The van der Waals surface area contributed by atoms with Crippen LogP contribution in [-0.2, 0) is 9.53 Å². The minimum Gasteiger partial charge on any atom is -0.465 e. The molecular weight excluding hydrogens is 208 g/mol. The fourth-order valence-electron chi connectivity index (χ4n) is 1.35. The molecular formula is C11H14N2O3. The molecule has 5 heteroatoms. The lowest BCUT2D eigenvalue weighted by Crippen LogP contribution is -2.20. The van der Waals surface area contributed by atoms with Crippen molar-refractivity contribution in [3.05, 3.63) is 35.4 Å². The molecule has 0 bridgehead atoms. The number of carbonyl (C=O) groups excluding carboxylic acids is 2. The summed E-state index contributed by atoms with van der Waals surface area (Å²) in [5, 5.41) is 0. The number of rotatable bonds is 4. The van der Waals surface area contributed by atoms with Gasteiger partial charge < -0.3 is 16.2 Å². The van der Waals surface area contributed by atoms with Crippen molar-refractivity contribution in [1.29, 1.82) is 0 Å². The molecule has 1 aromatic rings. The molecule has 1 rings (SSSR count). The molecule has 16 heavy (non-hydrogen) atoms. The summed E-state index contributed by atoms with van der Waals surface area (Å²) in [5.74, 6) is -0.913. The number of hydrogen-bond acceptors (Lipinski definition) is 4. The number of carbonyl (C=O) groups is 2. The van der Waals surface area contributed by atoms with Crippen LogP contribution in [0.1, 0.15) is 28.4 Å². The van der Waals surface area contributed by atoms with Crippen molar-refractivity contribution in [2.24, 2.45) is 11.5 Å². The van der Waals surface area contributed by atoms with Crippen LogP contribution in [0.5, 0.6) is 0 Å². The van der Waals surface area contributed by atoms with E-state index >= 15 is 0 Å². The van der Waals surface area contributed by atoms with Gasteiger partial charge >= 0.3 is 5.97 Å². The number of amides is 1. The number of primary amides is 1. The van der Waals surface area contributed by atoms with Gasteiger partial charge in [-0.3, -0.25) is 4.79 Å². The molecule has 1 unspecified atom stereocenters. The molecule has 0 radical (unpaired) electrons. The van der Waals surface area contributed by atoms with E-state index in [0.29, 0.717) is 11.1 Å². The van der Waals surface area contributed by atoms with E-state index in [2.05, 4.69) is 4.74 Å². The standard InChI is InChI=1S/C11H14N2O3/c1-16-11(15)8-4-2-3-7(5-8)9(12)6-10(13)14/h2-5,9H,6,12H2,1H3,(H2,13,14). The molecule has 0 aliphatic rings. The monoisotopic (exact) mass is 222 g/mol. The Bertz CT molecular complexity index is 404. The quantitative estimate of drug-likeness (QED) is 0.718. The molecule has 0 aromatic heterocycles. The van der Waals surface area contributed by atoms with Gasteiger partial charge in [-0.2, -0.15) is 0 Å². The Kier molecular flexibility index (Phi) is 4.02. The summed E-state index contributed by atoms with van der Waals surface area (Å²) in [6.07, 6.45) is 0.0463. The first-order valence-corrected chi connectivity index (χ1v) is 4.76. The van der Waals surface area contributed by atoms with Gasteiger partial charge in [-0.15, -0.1) is 0 Å². The Balaban J connectivity index is 2.89. The fourth-order valence-corrected chi connectivity index (χ4v) is 1.35. The second-order valence-corrected chi connectivity index (χ2v) is 3.39. The lowest BCUT2D eigenvalue weighted by atomic mass is 10.0. The highest BCUT2D eigenvalue weighted by Gasteiger charge is 2.12. The molecule has 0 fully saturated rings. The molecule has 0 saturated heterocycles. The highest BCUT2D eigenvalue weighted by Crippen LogP contribution is 2.15. The fraction of sp³-hybridized carbons (Fsp3) is 0.273. The number of esters is 1. The summed E-state index contributed by atoms with van der Waals surface area (Å²) < 4.78 is 4.58. The second-order valence-electron chi connectivity index (χ2n) is 3.39. The first kappa shape index (κ1) is 12.2. The van der Waals surface area contributed by atoms with Crippen LogP contribution in [0.15, 0.2) is 24.3 Å². The van der Waals surface area contributed by atoms with Crippen LogP contribution in [0.2, 0.25) is 0 Å². The van der Waals surface area contributed by atoms with E-state index in [1.165, 1.54) is 7.11 Å². The normalized spacial score (nSPS) is 11.9. The van der Waals surface area contributed by atoms with Crippen LogP contribution < -0.4 is 11.5 Å². The largest absolute Gasteiger partial charge is 0.465 e. The molecule has 4 N–H and O–H groups in total. The van der Waals surface area contributed by atoms with E-state index in [-0.39, 0.29) is 6.42 Å². The van der Waals surface area contributed by atoms with Gasteiger partial charge in [0.15, 0.2) is 0 Å². The van der Waals surface area contributed by atoms with Crippen LogP contribution >= 0.6 is 0 Å². The van der Waals surface area contributed by atoms with Crippen molar-refractivity contribution in [2.75, 3.05) is 7.11 Å². The molecule has 0 aliphatic carbocycles. The molecule has 1 amide bonds. The third-order valence-electron chi connectivity index (χ3n) is 2.16. The molecule has 5 nitrogen and oxygen atoms in total. The van der Waals surface area contributed by atoms with Crippen molar-refractivity contribution < 1.29 is 14.3 Å². The van der Waals surface area contributed by atoms with Gasteiger partial charge in [0, 0.05) is 12.5 Å². The summed E-state index contributed by atoms with van der Waals surface area (Å²) in [6, 6.07) is 6.14. The van der Waals surface area contributed by atoms with E-state index in [4.69, 9.17) is 11.5 Å². The van der Waals surface area contributed by atoms with E-state index in [1.807, 2.05) is 0 Å². The summed E-state index contributed by atoms with van der Waals surface area (Å²) in [4.78, 5) is 22.0. The van der Waals surface area contributed by atoms with E-state index < -0.39 is 17.9 Å². The molecule has 1 atom stereocenters. The molecule has 0 aliphatic heterocycles. The van der Waals surface area contributed by atoms with E-state index in [1.54, 1.807) is 24.3 Å². The summed E-state index contributed by atoms with van der Waals surface area (Å²) >= 11 is 0. The highest BCUT2D eigenvalue weighted by molar-refractivity contribution is 5.89. The lowest BCUT2D eigenvalue weighted by molar-refractivity contribution is -0.118. The zero-order valence-corrected chi connectivity index (χ0v) is 8.97. The van der Waals surface area contributed by atoms with Crippen LogP contribution in [0.4, 0.5) is 0 Å². The Morgan fingerprint density at radius 3 is 2.69 bits per heavy atom. The zero-order valence-electron chi connectivity index (χ0n) is 8.97. The highest BCUT2D eigenvalue weighted by atomic mass is 16.5. The maximum absolute atomic E-state index is 11.3. The number of hydrogen-bond donors (Lipinski definition) is 2. The van der Waals surface area contributed by atoms with Gasteiger partial charge in [0.25, 0.3) is 0 Å². The zero-order chi connectivity index (χ0) is 12.1. The van der Waals surface area contributed by atoms with Crippen molar-refractivity contribution in [3.63, 3.8) is 0 Å². The molecule has 0 spiro atoms. The predicted octanol–water partition coefficient (Wildman–Crippen LogP) is 0.348. The number of ether oxygens (including phenoxy) is 1. The maximum atomic E-state index is 11.3. The molecule has 0 saturated carbocycles. The smallest absolute Gasteiger partial charge is 0.337 e. The van der Waals surface area contributed by atoms with Crippen LogP contribution in [0.25, 0.3) is 0 Å². The summed E-state index contributed by atoms with van der Waals surface area (Å²) in [5.41, 5.74) is 11.9. The maximum Gasteiger partial charge on any atom is 0.337 e. The minimum atomic E-state index is -0.498. The predicted molar refractivity (Wildman–Crippen MR) is 58.5 cm³/mol. The Morgan fingerprint density at radius 2 is 2.12 bits per heavy atom. The van der Waals surface area contributed by atoms with E-state index in [0.717, 1.165) is 0 Å². The number of methoxy groups -OCH3 is 1. The summed E-state index contributed by atoms with van der Waals surface area (Å²) in [7, 11) is 1.30. The SMILES string of the molecule is COC(=O)c1cccc(C(N)CC(N)=O)c1. The number of benzene rings is 1. The Morgan fingerprint density at radius 1 is 1.44 bits per heavy atom. The topological polar surface area (TPSA) is 95.4 Å². The van der Waals surface area contributed by atoms with Crippen LogP contribution in [-0.4, -0.2) is 19.0 Å². The first-order valence-electron chi connectivity index (χ1n) is 4.76. The van der Waals surface area contributed by atoms with Gasteiger partial charge in [0.05, 0.1) is 12.7 Å². The number of nitrogens with two attached hydrogens (primary N) is 2. The first-order chi connectivity index (χ1) is 7.54. The van der Waals surface area contributed by atoms with Crippen LogP contribution in [0, 0.1) is 0 Å². The third-order valence-corrected chi connectivity index (χ3v) is 2.16. The van der Waals surface area contributed by atoms with Crippen molar-refractivity contribution in [3.8, 4) is 0 Å². The van der Waals surface area contributed by atoms with Gasteiger partial charge in [-0.05, 0) is 17.7 Å². The molecule has 0 heterocycles. The Labute approximate surface area is 93.4 Å².